The van der Waals surface area contributed by atoms with E-state index in [2.05, 4.69) is 21.2 Å². The molecule has 0 bridgehead atoms. The van der Waals surface area contributed by atoms with E-state index in [4.69, 9.17) is 0 Å². The predicted octanol–water partition coefficient (Wildman–Crippen LogP) is 4.08. The Kier molecular flexibility index (Phi) is 4.32. The molecule has 2 aromatic carbocycles. The maximum Gasteiger partial charge on any atom is 0.228 e. The average molecular weight is 322 g/mol. The van der Waals surface area contributed by atoms with E-state index in [1.54, 1.807) is 12.1 Å². The van der Waals surface area contributed by atoms with Crippen LogP contribution in [0.1, 0.15) is 11.1 Å². The summed E-state index contributed by atoms with van der Waals surface area (Å²) in [6, 6.07) is 11.7. The van der Waals surface area contributed by atoms with E-state index in [0.717, 1.165) is 10.0 Å². The maximum atomic E-state index is 13.0. The van der Waals surface area contributed by atoms with E-state index in [-0.39, 0.29) is 18.1 Å². The molecule has 0 spiro atoms. The topological polar surface area (TPSA) is 29.1 Å². The quantitative estimate of drug-likeness (QED) is 0.906. The van der Waals surface area contributed by atoms with Crippen LogP contribution in [0.25, 0.3) is 0 Å². The van der Waals surface area contributed by atoms with Gasteiger partial charge in [0.25, 0.3) is 0 Å². The van der Waals surface area contributed by atoms with Crippen molar-refractivity contribution in [3.63, 3.8) is 0 Å². The molecule has 2 aromatic rings. The third-order valence-electron chi connectivity index (χ3n) is 2.65. The molecule has 0 saturated heterocycles. The number of carbonyl (C=O) groups is 1. The Bertz CT molecular complexity index is 613. The molecular weight excluding hydrogens is 309 g/mol. The molecular formula is C15H13BrFNO. The van der Waals surface area contributed by atoms with Crippen LogP contribution in [0.3, 0.4) is 0 Å². The zero-order valence-corrected chi connectivity index (χ0v) is 12.0. The number of aryl methyl sites for hydroxylation is 1. The van der Waals surface area contributed by atoms with E-state index in [9.17, 15) is 9.18 Å². The second-order valence-electron chi connectivity index (χ2n) is 4.34. The summed E-state index contributed by atoms with van der Waals surface area (Å²) in [6.45, 7) is 1.98. The van der Waals surface area contributed by atoms with E-state index in [0.29, 0.717) is 11.3 Å². The highest BCUT2D eigenvalue weighted by Gasteiger charge is 2.07. The molecule has 0 heterocycles. The lowest BCUT2D eigenvalue weighted by Crippen LogP contribution is -2.14. The lowest BCUT2D eigenvalue weighted by atomic mass is 10.1. The molecule has 2 rings (SSSR count). The van der Waals surface area contributed by atoms with Crippen molar-refractivity contribution in [3.8, 4) is 0 Å². The van der Waals surface area contributed by atoms with Gasteiger partial charge in [-0.1, -0.05) is 18.2 Å². The SMILES string of the molecule is Cc1ccc(NC(=O)Cc2cccc(F)c2)c(Br)c1. The predicted molar refractivity (Wildman–Crippen MR) is 77.6 cm³/mol. The molecule has 0 aliphatic carbocycles. The van der Waals surface area contributed by atoms with Gasteiger partial charge in [-0.05, 0) is 58.2 Å². The monoisotopic (exact) mass is 321 g/mol. The molecule has 98 valence electrons. The summed E-state index contributed by atoms with van der Waals surface area (Å²) in [5, 5.41) is 2.80. The van der Waals surface area contributed by atoms with Gasteiger partial charge in [0.2, 0.25) is 5.91 Å². The van der Waals surface area contributed by atoms with Gasteiger partial charge in [-0.2, -0.15) is 0 Å². The Hall–Kier alpha value is -1.68. The smallest absolute Gasteiger partial charge is 0.228 e. The molecule has 0 aliphatic heterocycles. The standard InChI is InChI=1S/C15H13BrFNO/c1-10-5-6-14(13(16)7-10)18-15(19)9-11-3-2-4-12(17)8-11/h2-8H,9H2,1H3,(H,18,19). The van der Waals surface area contributed by atoms with E-state index in [1.165, 1.54) is 12.1 Å². The van der Waals surface area contributed by atoms with Gasteiger partial charge >= 0.3 is 0 Å². The zero-order chi connectivity index (χ0) is 13.8. The van der Waals surface area contributed by atoms with Gasteiger partial charge in [-0.25, -0.2) is 4.39 Å². The molecule has 1 amide bonds. The molecule has 0 aliphatic rings. The number of hydrogen-bond donors (Lipinski definition) is 1. The van der Waals surface area contributed by atoms with E-state index >= 15 is 0 Å². The second kappa shape index (κ2) is 5.97. The Morgan fingerprint density at radius 3 is 2.74 bits per heavy atom. The van der Waals surface area contributed by atoms with Crippen molar-refractivity contribution in [1.29, 1.82) is 0 Å². The van der Waals surface area contributed by atoms with Crippen molar-refractivity contribution in [2.24, 2.45) is 0 Å². The van der Waals surface area contributed by atoms with Crippen molar-refractivity contribution in [3.05, 3.63) is 63.9 Å². The minimum absolute atomic E-state index is 0.151. The zero-order valence-electron chi connectivity index (χ0n) is 10.4. The second-order valence-corrected chi connectivity index (χ2v) is 5.19. The normalized spacial score (nSPS) is 10.3. The molecule has 0 aromatic heterocycles. The molecule has 0 unspecified atom stereocenters. The van der Waals surface area contributed by atoms with Gasteiger partial charge in [-0.3, -0.25) is 4.79 Å². The van der Waals surface area contributed by atoms with Crippen LogP contribution in [0.4, 0.5) is 10.1 Å². The molecule has 0 atom stereocenters. The summed E-state index contributed by atoms with van der Waals surface area (Å²) in [4.78, 5) is 11.9. The fourth-order valence-corrected chi connectivity index (χ4v) is 2.34. The fraction of sp³-hybridized carbons (Fsp3) is 0.133. The summed E-state index contributed by atoms with van der Waals surface area (Å²) < 4.78 is 13.8. The highest BCUT2D eigenvalue weighted by molar-refractivity contribution is 9.10. The first-order valence-electron chi connectivity index (χ1n) is 5.85. The Morgan fingerprint density at radius 2 is 2.05 bits per heavy atom. The van der Waals surface area contributed by atoms with Crippen molar-refractivity contribution in [1.82, 2.24) is 0 Å². The molecule has 19 heavy (non-hydrogen) atoms. The lowest BCUT2D eigenvalue weighted by molar-refractivity contribution is -0.115. The van der Waals surface area contributed by atoms with E-state index < -0.39 is 0 Å². The summed E-state index contributed by atoms with van der Waals surface area (Å²) in [6.07, 6.45) is 0.151. The maximum absolute atomic E-state index is 13.0. The molecule has 2 nitrogen and oxygen atoms in total. The lowest BCUT2D eigenvalue weighted by Gasteiger charge is -2.08. The number of carbonyl (C=O) groups excluding carboxylic acids is 1. The highest BCUT2D eigenvalue weighted by Crippen LogP contribution is 2.23. The van der Waals surface area contributed by atoms with Crippen LogP contribution in [0, 0.1) is 12.7 Å². The molecule has 1 N–H and O–H groups in total. The highest BCUT2D eigenvalue weighted by atomic mass is 79.9. The van der Waals surface area contributed by atoms with Gasteiger partial charge in [0.05, 0.1) is 12.1 Å². The van der Waals surface area contributed by atoms with Gasteiger partial charge < -0.3 is 5.32 Å². The Balaban J connectivity index is 2.05. The number of anilines is 1. The van der Waals surface area contributed by atoms with Gasteiger partial charge in [-0.15, -0.1) is 0 Å². The first-order valence-corrected chi connectivity index (χ1v) is 6.64. The van der Waals surface area contributed by atoms with Gasteiger partial charge in [0.1, 0.15) is 5.82 Å². The van der Waals surface area contributed by atoms with Crippen LogP contribution in [0.2, 0.25) is 0 Å². The van der Waals surface area contributed by atoms with Crippen molar-refractivity contribution in [2.75, 3.05) is 5.32 Å². The molecule has 0 saturated carbocycles. The minimum Gasteiger partial charge on any atom is -0.325 e. The van der Waals surface area contributed by atoms with Gasteiger partial charge in [0.15, 0.2) is 0 Å². The number of hydrogen-bond acceptors (Lipinski definition) is 1. The number of nitrogens with one attached hydrogen (secondary N) is 1. The third-order valence-corrected chi connectivity index (χ3v) is 3.31. The van der Waals surface area contributed by atoms with Crippen LogP contribution < -0.4 is 5.32 Å². The number of rotatable bonds is 3. The minimum atomic E-state index is -0.332. The Labute approximate surface area is 119 Å². The van der Waals surface area contributed by atoms with E-state index in [1.807, 2.05) is 25.1 Å². The fourth-order valence-electron chi connectivity index (χ4n) is 1.75. The molecule has 0 radical (unpaired) electrons. The third kappa shape index (κ3) is 3.89. The largest absolute Gasteiger partial charge is 0.325 e. The summed E-state index contributed by atoms with van der Waals surface area (Å²) >= 11 is 3.40. The van der Waals surface area contributed by atoms with Crippen LogP contribution in [-0.4, -0.2) is 5.91 Å². The number of benzene rings is 2. The molecule has 4 heteroatoms. The van der Waals surface area contributed by atoms with Crippen molar-refractivity contribution < 1.29 is 9.18 Å². The summed E-state index contributed by atoms with van der Waals surface area (Å²) in [5.41, 5.74) is 2.47. The van der Waals surface area contributed by atoms with Gasteiger partial charge in [0, 0.05) is 4.47 Å². The summed E-state index contributed by atoms with van der Waals surface area (Å²) in [7, 11) is 0. The van der Waals surface area contributed by atoms with Crippen LogP contribution in [0.15, 0.2) is 46.9 Å². The van der Waals surface area contributed by atoms with Crippen molar-refractivity contribution in [2.45, 2.75) is 13.3 Å². The summed E-state index contributed by atoms with van der Waals surface area (Å²) in [5.74, 6) is -0.503. The molecule has 0 fully saturated rings. The van der Waals surface area contributed by atoms with Crippen molar-refractivity contribution >= 4 is 27.5 Å². The number of halogens is 2. The van der Waals surface area contributed by atoms with Crippen LogP contribution >= 0.6 is 15.9 Å². The average Bonchev–Trinajstić information content (AvgIpc) is 2.33. The van der Waals surface area contributed by atoms with Crippen LogP contribution in [-0.2, 0) is 11.2 Å². The number of amides is 1. The Morgan fingerprint density at radius 1 is 1.26 bits per heavy atom. The van der Waals surface area contributed by atoms with Crippen LogP contribution in [0.5, 0.6) is 0 Å². The first-order chi connectivity index (χ1) is 9.04. The first kappa shape index (κ1) is 13.7.